The zero-order chi connectivity index (χ0) is 15.4. The van der Waals surface area contributed by atoms with Gasteiger partial charge < -0.3 is 10.2 Å². The Balaban J connectivity index is 1.93. The summed E-state index contributed by atoms with van der Waals surface area (Å²) in [7, 11) is 0. The Bertz CT molecular complexity index is 337. The van der Waals surface area contributed by atoms with Crippen LogP contribution in [-0.4, -0.2) is 60.5 Å². The predicted octanol–water partition coefficient (Wildman–Crippen LogP) is 1.95. The van der Waals surface area contributed by atoms with Gasteiger partial charge in [-0.1, -0.05) is 27.7 Å². The Morgan fingerprint density at radius 2 is 1.76 bits per heavy atom. The van der Waals surface area contributed by atoms with Crippen LogP contribution in [0.3, 0.4) is 0 Å². The number of hydrogen-bond acceptors (Lipinski definition) is 3. The van der Waals surface area contributed by atoms with Gasteiger partial charge in [-0.05, 0) is 31.1 Å². The van der Waals surface area contributed by atoms with E-state index < -0.39 is 0 Å². The molecule has 4 heteroatoms. The van der Waals surface area contributed by atoms with Gasteiger partial charge in [0.05, 0.1) is 6.54 Å². The van der Waals surface area contributed by atoms with Crippen molar-refractivity contribution in [2.24, 2.45) is 11.8 Å². The minimum Gasteiger partial charge on any atom is -0.341 e. The van der Waals surface area contributed by atoms with E-state index in [0.29, 0.717) is 36.4 Å². The van der Waals surface area contributed by atoms with Crippen LogP contribution in [-0.2, 0) is 4.79 Å². The lowest BCUT2D eigenvalue weighted by Crippen LogP contribution is -2.58. The molecule has 2 heterocycles. The van der Waals surface area contributed by atoms with E-state index in [4.69, 9.17) is 0 Å². The lowest BCUT2D eigenvalue weighted by atomic mass is 9.92. The number of likely N-dealkylation sites (tertiary alicyclic amines) is 1. The summed E-state index contributed by atoms with van der Waals surface area (Å²) in [5.74, 6) is 1.63. The van der Waals surface area contributed by atoms with E-state index >= 15 is 0 Å². The van der Waals surface area contributed by atoms with Crippen molar-refractivity contribution in [3.8, 4) is 0 Å². The van der Waals surface area contributed by atoms with Crippen LogP contribution in [0.2, 0.25) is 0 Å². The third-order valence-electron chi connectivity index (χ3n) is 5.14. The first-order chi connectivity index (χ1) is 10.0. The van der Waals surface area contributed by atoms with Crippen LogP contribution in [0.1, 0.15) is 47.0 Å². The molecule has 2 fully saturated rings. The normalized spacial score (nSPS) is 35.0. The van der Waals surface area contributed by atoms with Crippen LogP contribution in [0, 0.1) is 11.8 Å². The highest BCUT2D eigenvalue weighted by Crippen LogP contribution is 2.21. The minimum absolute atomic E-state index is 0.337. The van der Waals surface area contributed by atoms with E-state index in [1.165, 1.54) is 6.42 Å². The number of piperidine rings is 1. The zero-order valence-electron chi connectivity index (χ0n) is 14.3. The summed E-state index contributed by atoms with van der Waals surface area (Å²) in [5, 5.41) is 3.60. The Labute approximate surface area is 130 Å². The molecular weight excluding hydrogens is 262 g/mol. The number of nitrogens with zero attached hydrogens (tertiary/aromatic N) is 2. The van der Waals surface area contributed by atoms with E-state index in [1.54, 1.807) is 0 Å². The van der Waals surface area contributed by atoms with Crippen LogP contribution < -0.4 is 5.32 Å². The Kier molecular flexibility index (Phi) is 6.06. The molecule has 2 aliphatic rings. The van der Waals surface area contributed by atoms with Gasteiger partial charge >= 0.3 is 0 Å². The molecule has 1 N–H and O–H groups in total. The topological polar surface area (TPSA) is 35.6 Å². The molecule has 0 aromatic rings. The fourth-order valence-corrected chi connectivity index (χ4v) is 3.94. The average molecular weight is 295 g/mol. The molecule has 122 valence electrons. The molecule has 1 amide bonds. The van der Waals surface area contributed by atoms with Crippen molar-refractivity contribution in [1.82, 2.24) is 15.1 Å². The Hall–Kier alpha value is -0.610. The number of hydrogen-bond donors (Lipinski definition) is 1. The first kappa shape index (κ1) is 16.8. The quantitative estimate of drug-likeness (QED) is 0.861. The summed E-state index contributed by atoms with van der Waals surface area (Å²) in [5.41, 5.74) is 0. The SMILES string of the molecule is CCC1CN(CC(=O)N2CC(C)CC(C)C2)C(CC)CN1. The van der Waals surface area contributed by atoms with Gasteiger partial charge in [-0.3, -0.25) is 9.69 Å². The largest absolute Gasteiger partial charge is 0.341 e. The van der Waals surface area contributed by atoms with Crippen LogP contribution in [0.25, 0.3) is 0 Å². The lowest BCUT2D eigenvalue weighted by molar-refractivity contribution is -0.136. The van der Waals surface area contributed by atoms with Gasteiger partial charge in [0.2, 0.25) is 5.91 Å². The number of piperazine rings is 1. The summed E-state index contributed by atoms with van der Waals surface area (Å²) in [6, 6.07) is 1.05. The van der Waals surface area contributed by atoms with E-state index in [9.17, 15) is 4.79 Å². The maximum Gasteiger partial charge on any atom is 0.236 e. The standard InChI is InChI=1S/C17H33N3O/c1-5-15-11-19(16(6-2)8-18-15)12-17(21)20-9-13(3)7-14(4)10-20/h13-16,18H,5-12H2,1-4H3. The molecule has 4 nitrogen and oxygen atoms in total. The smallest absolute Gasteiger partial charge is 0.236 e. The van der Waals surface area contributed by atoms with E-state index in [1.807, 2.05) is 0 Å². The second-order valence-electron chi connectivity index (χ2n) is 7.25. The predicted molar refractivity (Wildman–Crippen MR) is 87.3 cm³/mol. The summed E-state index contributed by atoms with van der Waals surface area (Å²) >= 11 is 0. The molecule has 4 atom stereocenters. The summed E-state index contributed by atoms with van der Waals surface area (Å²) in [4.78, 5) is 17.2. The first-order valence-corrected chi connectivity index (χ1v) is 8.78. The molecule has 0 aromatic carbocycles. The summed E-state index contributed by atoms with van der Waals surface area (Å²) in [6.07, 6.45) is 3.51. The molecule has 2 aliphatic heterocycles. The molecule has 0 saturated carbocycles. The molecule has 0 radical (unpaired) electrons. The van der Waals surface area contributed by atoms with Gasteiger partial charge in [-0.2, -0.15) is 0 Å². The average Bonchev–Trinajstić information content (AvgIpc) is 2.46. The number of carbonyl (C=O) groups is 1. The number of rotatable bonds is 4. The first-order valence-electron chi connectivity index (χ1n) is 8.78. The van der Waals surface area contributed by atoms with Crippen molar-refractivity contribution in [2.45, 2.75) is 59.0 Å². The summed E-state index contributed by atoms with van der Waals surface area (Å²) in [6.45, 7) is 13.5. The number of carbonyl (C=O) groups excluding carboxylic acids is 1. The Morgan fingerprint density at radius 1 is 1.10 bits per heavy atom. The second-order valence-corrected chi connectivity index (χ2v) is 7.25. The molecule has 21 heavy (non-hydrogen) atoms. The van der Waals surface area contributed by atoms with Gasteiger partial charge in [0, 0.05) is 38.3 Å². The molecule has 2 rings (SSSR count). The fraction of sp³-hybridized carbons (Fsp3) is 0.941. The lowest BCUT2D eigenvalue weighted by Gasteiger charge is -2.41. The summed E-state index contributed by atoms with van der Waals surface area (Å²) < 4.78 is 0. The van der Waals surface area contributed by atoms with Crippen molar-refractivity contribution in [2.75, 3.05) is 32.7 Å². The highest BCUT2D eigenvalue weighted by Gasteiger charge is 2.31. The molecule has 0 spiro atoms. The molecule has 0 bridgehead atoms. The van der Waals surface area contributed by atoms with Crippen LogP contribution in [0.5, 0.6) is 0 Å². The third kappa shape index (κ3) is 4.43. The van der Waals surface area contributed by atoms with Gasteiger partial charge in [0.1, 0.15) is 0 Å². The monoisotopic (exact) mass is 295 g/mol. The molecule has 0 aliphatic carbocycles. The van der Waals surface area contributed by atoms with Crippen molar-refractivity contribution >= 4 is 5.91 Å². The van der Waals surface area contributed by atoms with Crippen molar-refractivity contribution in [3.63, 3.8) is 0 Å². The van der Waals surface area contributed by atoms with Crippen molar-refractivity contribution < 1.29 is 4.79 Å². The fourth-order valence-electron chi connectivity index (χ4n) is 3.94. The highest BCUT2D eigenvalue weighted by molar-refractivity contribution is 5.78. The second kappa shape index (κ2) is 7.59. The zero-order valence-corrected chi connectivity index (χ0v) is 14.3. The van der Waals surface area contributed by atoms with Crippen LogP contribution in [0.15, 0.2) is 0 Å². The van der Waals surface area contributed by atoms with E-state index in [0.717, 1.165) is 39.0 Å². The van der Waals surface area contributed by atoms with Crippen molar-refractivity contribution in [3.05, 3.63) is 0 Å². The molecule has 0 aromatic heterocycles. The van der Waals surface area contributed by atoms with Gasteiger partial charge in [-0.15, -0.1) is 0 Å². The van der Waals surface area contributed by atoms with Gasteiger partial charge in [0.15, 0.2) is 0 Å². The van der Waals surface area contributed by atoms with E-state index in [2.05, 4.69) is 42.8 Å². The van der Waals surface area contributed by atoms with Crippen LogP contribution in [0.4, 0.5) is 0 Å². The van der Waals surface area contributed by atoms with E-state index in [-0.39, 0.29) is 0 Å². The maximum atomic E-state index is 12.7. The maximum absolute atomic E-state index is 12.7. The van der Waals surface area contributed by atoms with Crippen molar-refractivity contribution in [1.29, 1.82) is 0 Å². The highest BCUT2D eigenvalue weighted by atomic mass is 16.2. The number of nitrogens with one attached hydrogen (secondary N) is 1. The molecule has 4 unspecified atom stereocenters. The Morgan fingerprint density at radius 3 is 2.33 bits per heavy atom. The van der Waals surface area contributed by atoms with Gasteiger partial charge in [-0.25, -0.2) is 0 Å². The number of amides is 1. The van der Waals surface area contributed by atoms with Crippen LogP contribution >= 0.6 is 0 Å². The minimum atomic E-state index is 0.337. The molecular formula is C17H33N3O. The third-order valence-corrected chi connectivity index (χ3v) is 5.14. The van der Waals surface area contributed by atoms with Gasteiger partial charge in [0.25, 0.3) is 0 Å². The molecule has 2 saturated heterocycles.